The van der Waals surface area contributed by atoms with E-state index < -0.39 is 0 Å². The van der Waals surface area contributed by atoms with E-state index in [9.17, 15) is 0 Å². The van der Waals surface area contributed by atoms with Crippen molar-refractivity contribution in [2.45, 2.75) is 47.5 Å². The Morgan fingerprint density at radius 3 is 1.93 bits per heavy atom. The van der Waals surface area contributed by atoms with E-state index in [2.05, 4.69) is 96.2 Å². The van der Waals surface area contributed by atoms with Crippen LogP contribution in [0.4, 0.5) is 0 Å². The Morgan fingerprint density at radius 2 is 1.41 bits per heavy atom. The second-order valence-corrected chi connectivity index (χ2v) is 7.21. The van der Waals surface area contributed by atoms with Crippen LogP contribution in [-0.4, -0.2) is 0 Å². The molecule has 1 unspecified atom stereocenters. The molecule has 3 heteroatoms. The zero-order valence-electron chi connectivity index (χ0n) is 18.0. The summed E-state index contributed by atoms with van der Waals surface area (Å²) in [5.41, 5.74) is 12.7. The summed E-state index contributed by atoms with van der Waals surface area (Å²) in [6.45, 7) is 13.1. The third kappa shape index (κ3) is 5.38. The molecule has 0 fully saturated rings. The first-order chi connectivity index (χ1) is 12.5. The summed E-state index contributed by atoms with van der Waals surface area (Å²) in [5, 5.41) is 0. The van der Waals surface area contributed by atoms with Gasteiger partial charge in [-0.25, -0.2) is 0 Å². The van der Waals surface area contributed by atoms with E-state index in [0.717, 1.165) is 0 Å². The van der Waals surface area contributed by atoms with Gasteiger partial charge in [0, 0.05) is 5.92 Å². The minimum Gasteiger partial charge on any atom is -1.00 e. The molecule has 0 saturated heterocycles. The summed E-state index contributed by atoms with van der Waals surface area (Å²) in [6.07, 6.45) is 4.37. The topological polar surface area (TPSA) is 0 Å². The van der Waals surface area contributed by atoms with Gasteiger partial charge < -0.3 is 24.8 Å². The van der Waals surface area contributed by atoms with Gasteiger partial charge in [-0.05, 0) is 12.5 Å². The van der Waals surface area contributed by atoms with Crippen LogP contribution in [-0.2, 0) is 26.2 Å². The molecule has 0 N–H and O–H groups in total. The first kappa shape index (κ1) is 28.0. The summed E-state index contributed by atoms with van der Waals surface area (Å²) in [4.78, 5) is 0. The van der Waals surface area contributed by atoms with Gasteiger partial charge in [0.1, 0.15) is 0 Å². The first-order valence-corrected chi connectivity index (χ1v) is 9.39. The number of fused-ring (bicyclic) bond motifs is 3. The Hall–Kier alpha value is -1.01. The molecular weight excluding hydrogens is 474 g/mol. The molecule has 1 aliphatic rings. The van der Waals surface area contributed by atoms with Crippen molar-refractivity contribution in [2.75, 3.05) is 0 Å². The summed E-state index contributed by atoms with van der Waals surface area (Å²) in [7, 11) is 0. The molecule has 0 aromatic heterocycles. The quantitative estimate of drug-likeness (QED) is 0.346. The van der Waals surface area contributed by atoms with Crippen LogP contribution < -0.4 is 24.8 Å². The molecule has 0 heterocycles. The van der Waals surface area contributed by atoms with Crippen molar-refractivity contribution in [2.24, 2.45) is 0 Å². The van der Waals surface area contributed by atoms with Crippen LogP contribution in [0.25, 0.3) is 11.1 Å². The van der Waals surface area contributed by atoms with E-state index in [1.165, 1.54) is 50.1 Å². The zero-order chi connectivity index (χ0) is 18.8. The minimum absolute atomic E-state index is 0. The van der Waals surface area contributed by atoms with Crippen LogP contribution in [0.2, 0.25) is 0 Å². The number of benzene rings is 2. The Balaban J connectivity index is 0.000000535. The maximum absolute atomic E-state index is 3.38. The number of allylic oxidation sites excluding steroid dienone is 2. The molecule has 29 heavy (non-hydrogen) atoms. The second-order valence-electron chi connectivity index (χ2n) is 7.21. The standard InChI is InChI=1S/C16H13.C10H15.2ClH.Zr/c1-2-7-12-13-8-3-5-10-15(13)16-11-6-4-9-14(12)16;1-6-7(2)9(4)10(5)8(6)3;;;/h2-8,10-12H,1H3;1-5H3;2*1H;/q2*-1;;;+4/p-2. The fourth-order valence-corrected chi connectivity index (χ4v) is 3.91. The maximum Gasteiger partial charge on any atom is 4.00 e. The SMILES string of the molecule is CC=CC1c2[c-]cccc2-c2ccccc21.Cc1c(C)c(C)[c-](C)c1C.[Cl-].[Cl-].[Zr+4]. The molecule has 0 radical (unpaired) electrons. The molecule has 0 aliphatic heterocycles. The largest absolute Gasteiger partial charge is 4.00 e. The Kier molecular flexibility index (Phi) is 11.6. The van der Waals surface area contributed by atoms with E-state index in [1.54, 1.807) is 0 Å². The van der Waals surface area contributed by atoms with E-state index in [0.29, 0.717) is 5.92 Å². The molecule has 1 atom stereocenters. The van der Waals surface area contributed by atoms with Crippen LogP contribution in [0, 0.1) is 40.7 Å². The molecule has 3 aromatic carbocycles. The molecule has 0 amide bonds. The number of hydrogen-bond acceptors (Lipinski definition) is 0. The van der Waals surface area contributed by atoms with Gasteiger partial charge in [0.05, 0.1) is 0 Å². The summed E-state index contributed by atoms with van der Waals surface area (Å²) in [6, 6.07) is 18.3. The molecule has 1 aliphatic carbocycles. The van der Waals surface area contributed by atoms with Crippen LogP contribution in [0.5, 0.6) is 0 Å². The molecule has 0 saturated carbocycles. The van der Waals surface area contributed by atoms with Gasteiger partial charge in [0.25, 0.3) is 0 Å². The van der Waals surface area contributed by atoms with Gasteiger partial charge in [0.2, 0.25) is 0 Å². The van der Waals surface area contributed by atoms with E-state index >= 15 is 0 Å². The third-order valence-electron chi connectivity index (χ3n) is 5.98. The van der Waals surface area contributed by atoms with Crippen LogP contribution in [0.15, 0.2) is 54.6 Å². The van der Waals surface area contributed by atoms with Crippen molar-refractivity contribution < 1.29 is 51.0 Å². The van der Waals surface area contributed by atoms with Crippen molar-refractivity contribution in [3.8, 4) is 11.1 Å². The molecule has 0 spiro atoms. The monoisotopic (exact) mass is 500 g/mol. The summed E-state index contributed by atoms with van der Waals surface area (Å²) >= 11 is 0. The number of halogens is 2. The molecule has 0 bridgehead atoms. The number of hydrogen-bond donors (Lipinski definition) is 0. The molecule has 3 aromatic rings. The Bertz CT molecular complexity index is 841. The Morgan fingerprint density at radius 1 is 0.862 bits per heavy atom. The second kappa shape index (κ2) is 12.0. The van der Waals surface area contributed by atoms with Gasteiger partial charge in [-0.2, -0.15) is 52.1 Å². The van der Waals surface area contributed by atoms with Crippen LogP contribution in [0.1, 0.15) is 51.8 Å². The molecule has 0 nitrogen and oxygen atoms in total. The van der Waals surface area contributed by atoms with Crippen molar-refractivity contribution in [3.05, 3.63) is 99.6 Å². The smallest absolute Gasteiger partial charge is 1.00 e. The molecular formula is C26H28Cl2Zr. The predicted octanol–water partition coefficient (Wildman–Crippen LogP) is 1.13. The van der Waals surface area contributed by atoms with Gasteiger partial charge in [0.15, 0.2) is 0 Å². The van der Waals surface area contributed by atoms with Crippen molar-refractivity contribution in [3.63, 3.8) is 0 Å². The zero-order valence-corrected chi connectivity index (χ0v) is 22.0. The maximum atomic E-state index is 3.38. The Labute approximate surface area is 208 Å². The van der Waals surface area contributed by atoms with Gasteiger partial charge >= 0.3 is 26.2 Å². The fraction of sp³-hybridized carbons (Fsp3) is 0.269. The van der Waals surface area contributed by atoms with E-state index in [4.69, 9.17) is 0 Å². The third-order valence-corrected chi connectivity index (χ3v) is 5.98. The number of rotatable bonds is 1. The van der Waals surface area contributed by atoms with Crippen molar-refractivity contribution in [1.29, 1.82) is 0 Å². The van der Waals surface area contributed by atoms with Crippen LogP contribution >= 0.6 is 0 Å². The average Bonchev–Trinajstić information content (AvgIpc) is 3.07. The van der Waals surface area contributed by atoms with Gasteiger partial charge in [-0.3, -0.25) is 0 Å². The molecule has 4 rings (SSSR count). The van der Waals surface area contributed by atoms with E-state index in [-0.39, 0.29) is 51.0 Å². The van der Waals surface area contributed by atoms with Gasteiger partial charge in [-0.1, -0.05) is 76.6 Å². The predicted molar refractivity (Wildman–Crippen MR) is 113 cm³/mol. The minimum atomic E-state index is 0. The fourth-order valence-electron chi connectivity index (χ4n) is 3.91. The van der Waals surface area contributed by atoms with E-state index in [1.807, 2.05) is 6.07 Å². The van der Waals surface area contributed by atoms with Crippen molar-refractivity contribution in [1.82, 2.24) is 0 Å². The van der Waals surface area contributed by atoms with Gasteiger partial charge in [-0.15, -0.1) is 11.1 Å². The molecule has 150 valence electrons. The normalized spacial score (nSPS) is 13.2. The van der Waals surface area contributed by atoms with Crippen molar-refractivity contribution >= 4 is 0 Å². The summed E-state index contributed by atoms with van der Waals surface area (Å²) in [5.74, 6) is 0.386. The van der Waals surface area contributed by atoms with Crippen LogP contribution in [0.3, 0.4) is 0 Å². The summed E-state index contributed by atoms with van der Waals surface area (Å²) < 4.78 is 0. The average molecular weight is 503 g/mol. The first-order valence-electron chi connectivity index (χ1n) is 9.39.